The van der Waals surface area contributed by atoms with Crippen LogP contribution in [0.2, 0.25) is 0 Å². The van der Waals surface area contributed by atoms with E-state index in [0.29, 0.717) is 43.6 Å². The van der Waals surface area contributed by atoms with Crippen molar-refractivity contribution in [1.82, 2.24) is 15.5 Å². The maximum absolute atomic E-state index is 13.5. The van der Waals surface area contributed by atoms with E-state index in [-0.39, 0.29) is 24.8 Å². The quantitative estimate of drug-likeness (QED) is 0.176. The third kappa shape index (κ3) is 9.87. The Balaban J connectivity index is 1.77. The molecule has 2 amide bonds. The molecule has 0 aliphatic carbocycles. The minimum absolute atomic E-state index is 0.00584. The highest BCUT2D eigenvalue weighted by atomic mass is 16.5. The minimum atomic E-state index is -0.933. The zero-order chi connectivity index (χ0) is 30.5. The average Bonchev–Trinajstić information content (AvgIpc) is 2.99. The zero-order valence-electron chi connectivity index (χ0n) is 24.7. The van der Waals surface area contributed by atoms with Crippen molar-refractivity contribution < 1.29 is 29.6 Å². The standard InChI is InChI=1S/C33H43N3O6/c1-4-13-36(14-6-15-37)33(41)27-17-23(2)16-26(20-27)32(40)35-30(19-24-9-11-28(38)12-10-24)31(39)22-34-21-25-7-5-8-29(18-25)42-3/h5,7-12,16-18,20,30-31,34,37-39H,4,6,13-15,19,21-22H2,1-3H3,(H,35,40)/t30-,31+/m0/s1. The number of phenols is 1. The van der Waals surface area contributed by atoms with E-state index >= 15 is 0 Å². The Bertz CT molecular complexity index is 1300. The normalized spacial score (nSPS) is 12.4. The third-order valence-corrected chi connectivity index (χ3v) is 6.94. The van der Waals surface area contributed by atoms with E-state index in [1.807, 2.05) is 38.1 Å². The molecule has 226 valence electrons. The highest BCUT2D eigenvalue weighted by Crippen LogP contribution is 2.17. The highest BCUT2D eigenvalue weighted by Gasteiger charge is 2.24. The van der Waals surface area contributed by atoms with Crippen molar-refractivity contribution in [2.75, 3.05) is 33.4 Å². The van der Waals surface area contributed by atoms with Gasteiger partial charge in [-0.3, -0.25) is 9.59 Å². The van der Waals surface area contributed by atoms with Gasteiger partial charge in [0, 0.05) is 43.9 Å². The number of ether oxygens (including phenoxy) is 1. The first-order valence-electron chi connectivity index (χ1n) is 14.4. The smallest absolute Gasteiger partial charge is 0.253 e. The maximum atomic E-state index is 13.5. The lowest BCUT2D eigenvalue weighted by atomic mass is 9.99. The molecule has 0 bridgehead atoms. The van der Waals surface area contributed by atoms with Crippen LogP contribution in [0.15, 0.2) is 66.7 Å². The van der Waals surface area contributed by atoms with Crippen LogP contribution in [0.25, 0.3) is 0 Å². The van der Waals surface area contributed by atoms with Crippen LogP contribution in [0.4, 0.5) is 0 Å². The minimum Gasteiger partial charge on any atom is -0.508 e. The molecule has 0 unspecified atom stereocenters. The van der Waals surface area contributed by atoms with Gasteiger partial charge in [-0.1, -0.05) is 31.2 Å². The molecule has 0 aliphatic heterocycles. The summed E-state index contributed by atoms with van der Waals surface area (Å²) in [4.78, 5) is 28.5. The van der Waals surface area contributed by atoms with E-state index in [1.165, 1.54) is 0 Å². The second-order valence-corrected chi connectivity index (χ2v) is 10.5. The third-order valence-electron chi connectivity index (χ3n) is 6.94. The van der Waals surface area contributed by atoms with E-state index in [1.54, 1.807) is 54.5 Å². The SMILES string of the molecule is CCCN(CCCO)C(=O)c1cc(C)cc(C(=O)N[C@@H](Cc2ccc(O)cc2)[C@H](O)CNCc2cccc(OC)c2)c1. The first-order valence-corrected chi connectivity index (χ1v) is 14.4. The fourth-order valence-corrected chi connectivity index (χ4v) is 4.78. The van der Waals surface area contributed by atoms with Crippen molar-refractivity contribution in [1.29, 1.82) is 0 Å². The van der Waals surface area contributed by atoms with Crippen LogP contribution >= 0.6 is 0 Å². The van der Waals surface area contributed by atoms with Gasteiger partial charge >= 0.3 is 0 Å². The largest absolute Gasteiger partial charge is 0.508 e. The van der Waals surface area contributed by atoms with Crippen molar-refractivity contribution in [2.45, 2.75) is 51.8 Å². The molecule has 0 heterocycles. The zero-order valence-corrected chi connectivity index (χ0v) is 24.7. The summed E-state index contributed by atoms with van der Waals surface area (Å²) in [6, 6.07) is 18.7. The van der Waals surface area contributed by atoms with Crippen molar-refractivity contribution in [3.05, 3.63) is 94.5 Å². The lowest BCUT2D eigenvalue weighted by molar-refractivity contribution is 0.0744. The number of aromatic hydroxyl groups is 1. The van der Waals surface area contributed by atoms with Gasteiger partial charge in [-0.05, 0) is 85.3 Å². The second kappa shape index (κ2) is 16.5. The van der Waals surface area contributed by atoms with Crippen LogP contribution in [0.3, 0.4) is 0 Å². The van der Waals surface area contributed by atoms with Crippen LogP contribution < -0.4 is 15.4 Å². The van der Waals surface area contributed by atoms with Crippen LogP contribution in [-0.4, -0.2) is 77.5 Å². The molecule has 9 nitrogen and oxygen atoms in total. The van der Waals surface area contributed by atoms with E-state index in [2.05, 4.69) is 10.6 Å². The Hall–Kier alpha value is -3.92. The predicted molar refractivity (Wildman–Crippen MR) is 163 cm³/mol. The summed E-state index contributed by atoms with van der Waals surface area (Å²) in [5.74, 6) is 0.286. The number of nitrogens with one attached hydrogen (secondary N) is 2. The first kappa shape index (κ1) is 32.6. The number of aryl methyl sites for hydroxylation is 1. The molecule has 9 heteroatoms. The summed E-state index contributed by atoms with van der Waals surface area (Å²) in [5.41, 5.74) is 3.32. The molecule has 0 radical (unpaired) electrons. The summed E-state index contributed by atoms with van der Waals surface area (Å²) in [6.07, 6.45) is 0.654. The number of benzene rings is 3. The summed E-state index contributed by atoms with van der Waals surface area (Å²) < 4.78 is 5.28. The molecule has 0 saturated heterocycles. The molecule has 3 aromatic rings. The van der Waals surface area contributed by atoms with Gasteiger partial charge in [0.15, 0.2) is 0 Å². The number of aliphatic hydroxyl groups is 2. The molecule has 0 spiro atoms. The molecule has 5 N–H and O–H groups in total. The summed E-state index contributed by atoms with van der Waals surface area (Å²) in [5, 5.41) is 36.3. The molecule has 0 aromatic heterocycles. The lowest BCUT2D eigenvalue weighted by Gasteiger charge is -2.25. The summed E-state index contributed by atoms with van der Waals surface area (Å²) >= 11 is 0. The van der Waals surface area contributed by atoms with Gasteiger partial charge < -0.3 is 35.6 Å². The topological polar surface area (TPSA) is 131 Å². The fourth-order valence-electron chi connectivity index (χ4n) is 4.78. The Kier molecular flexibility index (Phi) is 12.8. The number of hydrogen-bond donors (Lipinski definition) is 5. The molecule has 0 fully saturated rings. The van der Waals surface area contributed by atoms with E-state index in [4.69, 9.17) is 4.74 Å². The van der Waals surface area contributed by atoms with Crippen LogP contribution in [-0.2, 0) is 13.0 Å². The van der Waals surface area contributed by atoms with Crippen LogP contribution in [0, 0.1) is 6.92 Å². The number of carbonyl (C=O) groups is 2. The molecular weight excluding hydrogens is 534 g/mol. The van der Waals surface area contributed by atoms with Gasteiger partial charge in [0.05, 0.1) is 19.3 Å². The van der Waals surface area contributed by atoms with Crippen LogP contribution in [0.1, 0.15) is 57.2 Å². The number of rotatable bonds is 16. The molecular formula is C33H43N3O6. The Morgan fingerprint density at radius 1 is 0.976 bits per heavy atom. The van der Waals surface area contributed by atoms with E-state index in [0.717, 1.165) is 28.9 Å². The van der Waals surface area contributed by atoms with Gasteiger partial charge in [-0.2, -0.15) is 0 Å². The van der Waals surface area contributed by atoms with Gasteiger partial charge in [-0.25, -0.2) is 0 Å². The van der Waals surface area contributed by atoms with Crippen molar-refractivity contribution in [2.24, 2.45) is 0 Å². The highest BCUT2D eigenvalue weighted by molar-refractivity contribution is 6.00. The summed E-state index contributed by atoms with van der Waals surface area (Å²) in [6.45, 7) is 5.52. The number of carbonyl (C=O) groups excluding carboxylic acids is 2. The Morgan fingerprint density at radius 3 is 2.40 bits per heavy atom. The first-order chi connectivity index (χ1) is 20.2. The van der Waals surface area contributed by atoms with Gasteiger partial charge in [-0.15, -0.1) is 0 Å². The monoisotopic (exact) mass is 577 g/mol. The molecule has 3 rings (SSSR count). The number of aliphatic hydroxyl groups excluding tert-OH is 2. The van der Waals surface area contributed by atoms with E-state index in [9.17, 15) is 24.9 Å². The lowest BCUT2D eigenvalue weighted by Crippen LogP contribution is -2.48. The number of amides is 2. The number of methoxy groups -OCH3 is 1. The Morgan fingerprint density at radius 2 is 1.71 bits per heavy atom. The molecule has 0 aliphatic rings. The predicted octanol–water partition coefficient (Wildman–Crippen LogP) is 3.44. The van der Waals surface area contributed by atoms with Crippen molar-refractivity contribution >= 4 is 11.8 Å². The van der Waals surface area contributed by atoms with Gasteiger partial charge in [0.2, 0.25) is 0 Å². The van der Waals surface area contributed by atoms with Gasteiger partial charge in [0.25, 0.3) is 11.8 Å². The van der Waals surface area contributed by atoms with Crippen LogP contribution in [0.5, 0.6) is 11.5 Å². The summed E-state index contributed by atoms with van der Waals surface area (Å²) in [7, 11) is 1.61. The number of nitrogens with zero attached hydrogens (tertiary/aromatic N) is 1. The number of hydrogen-bond acceptors (Lipinski definition) is 7. The van der Waals surface area contributed by atoms with Crippen molar-refractivity contribution in [3.8, 4) is 11.5 Å². The molecule has 2 atom stereocenters. The molecule has 0 saturated carbocycles. The second-order valence-electron chi connectivity index (χ2n) is 10.5. The Labute approximate surface area is 248 Å². The molecule has 42 heavy (non-hydrogen) atoms. The fraction of sp³-hybridized carbons (Fsp3) is 0.394. The van der Waals surface area contributed by atoms with Gasteiger partial charge in [0.1, 0.15) is 11.5 Å². The van der Waals surface area contributed by atoms with E-state index < -0.39 is 18.1 Å². The maximum Gasteiger partial charge on any atom is 0.253 e. The number of phenolic OH excluding ortho intramolecular Hbond substituents is 1. The van der Waals surface area contributed by atoms with Crippen molar-refractivity contribution in [3.63, 3.8) is 0 Å². The average molecular weight is 578 g/mol. The molecule has 3 aromatic carbocycles.